The SMILES string of the molecule is COc1cc(OC)c(NC(=O)/C=C/c2ccccc2)cc1Cl. The zero-order chi connectivity index (χ0) is 15.9. The fourth-order valence-electron chi connectivity index (χ4n) is 1.87. The van der Waals surface area contributed by atoms with Crippen molar-refractivity contribution in [3.63, 3.8) is 0 Å². The molecule has 0 aliphatic heterocycles. The van der Waals surface area contributed by atoms with Crippen LogP contribution in [0.1, 0.15) is 5.56 Å². The molecule has 0 heterocycles. The maximum atomic E-state index is 12.0. The van der Waals surface area contributed by atoms with Gasteiger partial charge in [0.25, 0.3) is 0 Å². The second kappa shape index (κ2) is 7.52. The van der Waals surface area contributed by atoms with Gasteiger partial charge in [0, 0.05) is 12.1 Å². The highest BCUT2D eigenvalue weighted by Gasteiger charge is 2.11. The van der Waals surface area contributed by atoms with E-state index in [0.717, 1.165) is 5.56 Å². The van der Waals surface area contributed by atoms with Gasteiger partial charge in [-0.25, -0.2) is 0 Å². The summed E-state index contributed by atoms with van der Waals surface area (Å²) in [5.41, 5.74) is 1.42. The van der Waals surface area contributed by atoms with E-state index in [-0.39, 0.29) is 5.91 Å². The quantitative estimate of drug-likeness (QED) is 0.848. The molecule has 0 fully saturated rings. The highest BCUT2D eigenvalue weighted by molar-refractivity contribution is 6.32. The van der Waals surface area contributed by atoms with Crippen LogP contribution >= 0.6 is 11.6 Å². The Hall–Kier alpha value is -2.46. The number of halogens is 1. The second-order valence-corrected chi connectivity index (χ2v) is 4.83. The van der Waals surface area contributed by atoms with E-state index >= 15 is 0 Å². The minimum Gasteiger partial charge on any atom is -0.495 e. The first-order valence-electron chi connectivity index (χ1n) is 6.59. The Morgan fingerprint density at radius 2 is 1.77 bits per heavy atom. The highest BCUT2D eigenvalue weighted by atomic mass is 35.5. The standard InChI is InChI=1S/C17H16ClNO3/c1-21-15-11-16(22-2)14(10-13(15)18)19-17(20)9-8-12-6-4-3-5-7-12/h3-11H,1-2H3,(H,19,20)/b9-8+. The molecule has 0 saturated heterocycles. The topological polar surface area (TPSA) is 47.6 Å². The molecule has 1 N–H and O–H groups in total. The van der Waals surface area contributed by atoms with Gasteiger partial charge in [0.15, 0.2) is 0 Å². The van der Waals surface area contributed by atoms with E-state index < -0.39 is 0 Å². The molecule has 0 aromatic heterocycles. The first-order chi connectivity index (χ1) is 10.6. The van der Waals surface area contributed by atoms with Crippen LogP contribution in [0.25, 0.3) is 6.08 Å². The summed E-state index contributed by atoms with van der Waals surface area (Å²) in [6.07, 6.45) is 3.18. The molecule has 0 saturated carbocycles. The van der Waals surface area contributed by atoms with Crippen molar-refractivity contribution in [2.24, 2.45) is 0 Å². The van der Waals surface area contributed by atoms with E-state index in [1.54, 1.807) is 18.2 Å². The zero-order valence-electron chi connectivity index (χ0n) is 12.3. The lowest BCUT2D eigenvalue weighted by Crippen LogP contribution is -2.09. The number of hydrogen-bond donors (Lipinski definition) is 1. The van der Waals surface area contributed by atoms with E-state index in [1.165, 1.54) is 20.3 Å². The molecular formula is C17H16ClNO3. The summed E-state index contributed by atoms with van der Waals surface area (Å²) in [4.78, 5) is 12.0. The van der Waals surface area contributed by atoms with Gasteiger partial charge in [-0.2, -0.15) is 0 Å². The Morgan fingerprint density at radius 3 is 2.41 bits per heavy atom. The number of anilines is 1. The maximum Gasteiger partial charge on any atom is 0.248 e. The van der Waals surface area contributed by atoms with Crippen LogP contribution in [0.15, 0.2) is 48.5 Å². The van der Waals surface area contributed by atoms with Crippen molar-refractivity contribution in [2.75, 3.05) is 19.5 Å². The fourth-order valence-corrected chi connectivity index (χ4v) is 2.11. The number of ether oxygens (including phenoxy) is 2. The van der Waals surface area contributed by atoms with Gasteiger partial charge in [0.1, 0.15) is 11.5 Å². The van der Waals surface area contributed by atoms with Crippen LogP contribution < -0.4 is 14.8 Å². The highest BCUT2D eigenvalue weighted by Crippen LogP contribution is 2.35. The minimum atomic E-state index is -0.275. The van der Waals surface area contributed by atoms with E-state index in [2.05, 4.69) is 5.32 Å². The predicted molar refractivity (Wildman–Crippen MR) is 88.7 cm³/mol. The molecule has 0 spiro atoms. The number of benzene rings is 2. The molecule has 1 amide bonds. The summed E-state index contributed by atoms with van der Waals surface area (Å²) in [5, 5.41) is 3.13. The Balaban J connectivity index is 2.14. The first-order valence-corrected chi connectivity index (χ1v) is 6.97. The summed E-state index contributed by atoms with van der Waals surface area (Å²) < 4.78 is 10.3. The largest absolute Gasteiger partial charge is 0.495 e. The van der Waals surface area contributed by atoms with Crippen molar-refractivity contribution >= 4 is 29.3 Å². The smallest absolute Gasteiger partial charge is 0.248 e. The lowest BCUT2D eigenvalue weighted by atomic mass is 10.2. The lowest BCUT2D eigenvalue weighted by Gasteiger charge is -2.12. The van der Waals surface area contributed by atoms with Gasteiger partial charge in [-0.1, -0.05) is 41.9 Å². The molecule has 5 heteroatoms. The van der Waals surface area contributed by atoms with Crippen LogP contribution in [-0.4, -0.2) is 20.1 Å². The van der Waals surface area contributed by atoms with E-state index in [0.29, 0.717) is 22.2 Å². The Morgan fingerprint density at radius 1 is 1.09 bits per heavy atom. The van der Waals surface area contributed by atoms with Gasteiger partial charge in [-0.3, -0.25) is 4.79 Å². The van der Waals surface area contributed by atoms with Crippen molar-refractivity contribution in [2.45, 2.75) is 0 Å². The molecule has 0 radical (unpaired) electrons. The number of rotatable bonds is 5. The molecule has 0 unspecified atom stereocenters. The van der Waals surface area contributed by atoms with Gasteiger partial charge < -0.3 is 14.8 Å². The molecule has 0 bridgehead atoms. The number of amides is 1. The average Bonchev–Trinajstić information content (AvgIpc) is 2.54. The Bertz CT molecular complexity index is 684. The molecule has 22 heavy (non-hydrogen) atoms. The minimum absolute atomic E-state index is 0.275. The van der Waals surface area contributed by atoms with Crippen LogP contribution in [0.3, 0.4) is 0 Å². The average molecular weight is 318 g/mol. The number of carbonyl (C=O) groups is 1. The normalized spacial score (nSPS) is 10.5. The van der Waals surface area contributed by atoms with Crippen LogP contribution in [0.2, 0.25) is 5.02 Å². The van der Waals surface area contributed by atoms with E-state index in [4.69, 9.17) is 21.1 Å². The molecule has 2 aromatic carbocycles. The van der Waals surface area contributed by atoms with Gasteiger partial charge in [-0.15, -0.1) is 0 Å². The van der Waals surface area contributed by atoms with Crippen molar-refractivity contribution < 1.29 is 14.3 Å². The number of methoxy groups -OCH3 is 2. The van der Waals surface area contributed by atoms with Gasteiger partial charge in [0.2, 0.25) is 5.91 Å². The van der Waals surface area contributed by atoms with E-state index in [1.807, 2.05) is 30.3 Å². The molecule has 0 aliphatic carbocycles. The third kappa shape index (κ3) is 4.02. The van der Waals surface area contributed by atoms with Gasteiger partial charge in [0.05, 0.1) is 24.9 Å². The maximum absolute atomic E-state index is 12.0. The van der Waals surface area contributed by atoms with Crippen LogP contribution in [0, 0.1) is 0 Å². The molecule has 4 nitrogen and oxygen atoms in total. The third-order valence-corrected chi connectivity index (χ3v) is 3.25. The van der Waals surface area contributed by atoms with Crippen molar-refractivity contribution in [3.05, 3.63) is 59.1 Å². The molecule has 2 rings (SSSR count). The fraction of sp³-hybridized carbons (Fsp3) is 0.118. The summed E-state index contributed by atoms with van der Waals surface area (Å²) in [6.45, 7) is 0. The lowest BCUT2D eigenvalue weighted by molar-refractivity contribution is -0.111. The van der Waals surface area contributed by atoms with E-state index in [9.17, 15) is 4.79 Å². The van der Waals surface area contributed by atoms with Crippen LogP contribution in [-0.2, 0) is 4.79 Å². The van der Waals surface area contributed by atoms with Crippen LogP contribution in [0.4, 0.5) is 5.69 Å². The van der Waals surface area contributed by atoms with Crippen molar-refractivity contribution in [3.8, 4) is 11.5 Å². The zero-order valence-corrected chi connectivity index (χ0v) is 13.1. The predicted octanol–water partition coefficient (Wildman–Crippen LogP) is 4.01. The Kier molecular flexibility index (Phi) is 5.44. The number of carbonyl (C=O) groups excluding carboxylic acids is 1. The van der Waals surface area contributed by atoms with Crippen molar-refractivity contribution in [1.82, 2.24) is 0 Å². The monoisotopic (exact) mass is 317 g/mol. The summed E-state index contributed by atoms with van der Waals surface area (Å²) in [6, 6.07) is 12.8. The van der Waals surface area contributed by atoms with Gasteiger partial charge in [-0.05, 0) is 17.7 Å². The summed E-state index contributed by atoms with van der Waals surface area (Å²) in [5.74, 6) is 0.683. The summed E-state index contributed by atoms with van der Waals surface area (Å²) in [7, 11) is 3.03. The molecule has 114 valence electrons. The van der Waals surface area contributed by atoms with Crippen LogP contribution in [0.5, 0.6) is 11.5 Å². The molecular weight excluding hydrogens is 302 g/mol. The summed E-state index contributed by atoms with van der Waals surface area (Å²) >= 11 is 6.07. The second-order valence-electron chi connectivity index (χ2n) is 4.42. The number of nitrogens with one attached hydrogen (secondary N) is 1. The molecule has 0 atom stereocenters. The molecule has 2 aromatic rings. The Labute approximate surface area is 134 Å². The van der Waals surface area contributed by atoms with Gasteiger partial charge >= 0.3 is 0 Å². The third-order valence-electron chi connectivity index (χ3n) is 2.96. The first kappa shape index (κ1) is 15.9. The van der Waals surface area contributed by atoms with Crippen molar-refractivity contribution in [1.29, 1.82) is 0 Å². The number of hydrogen-bond acceptors (Lipinski definition) is 3. The molecule has 0 aliphatic rings.